The highest BCUT2D eigenvalue weighted by atomic mass is 32.1. The van der Waals surface area contributed by atoms with Gasteiger partial charge in [-0.25, -0.2) is 0 Å². The SMILES string of the molecule is CNC(=S)N/N=C(/C(=N/NC(=S)NCCOC[P+](c1ccccc1)(c1ccccc1)c1ccccc1)c1ccccc1)c1ccc(C)cc1. The number of hydrazone groups is 2. The van der Waals surface area contributed by atoms with Crippen LogP contribution in [0.2, 0.25) is 0 Å². The van der Waals surface area contributed by atoms with Gasteiger partial charge in [0.25, 0.3) is 0 Å². The van der Waals surface area contributed by atoms with E-state index in [1.165, 1.54) is 15.9 Å². The second-order valence-corrected chi connectivity index (χ2v) is 15.3. The number of thiocarbonyl (C=S) groups is 2. The summed E-state index contributed by atoms with van der Waals surface area (Å²) < 4.78 is 6.50. The third kappa shape index (κ3) is 9.43. The molecule has 0 atom stereocenters. The first-order chi connectivity index (χ1) is 24.0. The predicted molar refractivity (Wildman–Crippen MR) is 215 cm³/mol. The van der Waals surface area contributed by atoms with E-state index in [0.29, 0.717) is 41.1 Å². The third-order valence-electron chi connectivity index (χ3n) is 7.77. The summed E-state index contributed by atoms with van der Waals surface area (Å²) in [6.07, 6.45) is 0.557. The Kier molecular flexibility index (Phi) is 13.1. The van der Waals surface area contributed by atoms with Crippen LogP contribution in [0.1, 0.15) is 16.7 Å². The maximum absolute atomic E-state index is 6.50. The van der Waals surface area contributed by atoms with Gasteiger partial charge < -0.3 is 15.4 Å². The van der Waals surface area contributed by atoms with Crippen LogP contribution in [0.3, 0.4) is 0 Å². The highest BCUT2D eigenvalue weighted by Gasteiger charge is 2.45. The van der Waals surface area contributed by atoms with E-state index in [2.05, 4.69) is 118 Å². The Morgan fingerprint density at radius 3 is 1.49 bits per heavy atom. The van der Waals surface area contributed by atoms with Gasteiger partial charge in [0.1, 0.15) is 34.6 Å². The molecular weight excluding hydrogens is 664 g/mol. The molecule has 5 aromatic rings. The van der Waals surface area contributed by atoms with Crippen molar-refractivity contribution in [2.45, 2.75) is 6.92 Å². The summed E-state index contributed by atoms with van der Waals surface area (Å²) in [4.78, 5) is 0. The highest BCUT2D eigenvalue weighted by molar-refractivity contribution is 7.95. The van der Waals surface area contributed by atoms with Gasteiger partial charge in [-0.15, -0.1) is 0 Å². The Balaban J connectivity index is 1.31. The summed E-state index contributed by atoms with van der Waals surface area (Å²) in [5.74, 6) is 0. The van der Waals surface area contributed by atoms with Crippen LogP contribution in [0.4, 0.5) is 0 Å². The van der Waals surface area contributed by atoms with Gasteiger partial charge in [0, 0.05) is 24.7 Å². The van der Waals surface area contributed by atoms with Crippen LogP contribution in [0, 0.1) is 6.92 Å². The minimum atomic E-state index is -2.09. The molecule has 10 heteroatoms. The maximum Gasteiger partial charge on any atom is 0.187 e. The molecule has 248 valence electrons. The zero-order chi connectivity index (χ0) is 34.3. The van der Waals surface area contributed by atoms with Gasteiger partial charge in [-0.3, -0.25) is 10.9 Å². The van der Waals surface area contributed by atoms with E-state index >= 15 is 0 Å². The first-order valence-electron chi connectivity index (χ1n) is 15.9. The van der Waals surface area contributed by atoms with Gasteiger partial charge in [0.15, 0.2) is 16.6 Å². The number of rotatable bonds is 13. The number of ether oxygens (including phenoxy) is 1. The number of hydrogen-bond acceptors (Lipinski definition) is 5. The minimum absolute atomic E-state index is 0.370. The molecule has 0 aliphatic rings. The molecule has 49 heavy (non-hydrogen) atoms. The summed E-state index contributed by atoms with van der Waals surface area (Å²) in [6, 6.07) is 50.0. The second kappa shape index (κ2) is 18.1. The summed E-state index contributed by atoms with van der Waals surface area (Å²) in [6.45, 7) is 2.99. The molecule has 0 fully saturated rings. The molecule has 0 aliphatic heterocycles. The van der Waals surface area contributed by atoms with Crippen LogP contribution in [-0.4, -0.2) is 48.2 Å². The Hall–Kier alpha value is -4.79. The molecular formula is C39H40N6OPS2+. The van der Waals surface area contributed by atoms with Gasteiger partial charge >= 0.3 is 0 Å². The van der Waals surface area contributed by atoms with Crippen molar-refractivity contribution >= 4 is 69.3 Å². The van der Waals surface area contributed by atoms with Crippen LogP contribution in [0.5, 0.6) is 0 Å². The average Bonchev–Trinajstić information content (AvgIpc) is 3.16. The maximum atomic E-state index is 6.50. The molecule has 0 aromatic heterocycles. The first kappa shape index (κ1) is 35.5. The zero-order valence-electron chi connectivity index (χ0n) is 27.5. The lowest BCUT2D eigenvalue weighted by Crippen LogP contribution is -2.37. The fourth-order valence-electron chi connectivity index (χ4n) is 5.28. The zero-order valence-corrected chi connectivity index (χ0v) is 30.1. The summed E-state index contributed by atoms with van der Waals surface area (Å²) in [5, 5.41) is 20.1. The Morgan fingerprint density at radius 1 is 0.592 bits per heavy atom. The number of aryl methyl sites for hydroxylation is 1. The van der Waals surface area contributed by atoms with Gasteiger partial charge in [-0.2, -0.15) is 10.2 Å². The van der Waals surface area contributed by atoms with E-state index in [1.807, 2.05) is 61.5 Å². The lowest BCUT2D eigenvalue weighted by atomic mass is 9.99. The largest absolute Gasteiger partial charge is 0.364 e. The fraction of sp³-hybridized carbons (Fsp3) is 0.128. The number of hydrogen-bond donors (Lipinski definition) is 4. The molecule has 0 bridgehead atoms. The van der Waals surface area contributed by atoms with Gasteiger partial charge in [-0.1, -0.05) is 115 Å². The van der Waals surface area contributed by atoms with Crippen molar-refractivity contribution in [2.24, 2.45) is 10.2 Å². The standard InChI is InChI=1S/C39H39N6OPS2/c1-30-23-25-32(26-24-30)37(42-44-38(48)40-2)36(31-15-7-3-8-16-31)43-45-39(49)41-27-28-46-29-47(33-17-9-4-10-18-33,34-19-11-5-12-20-34)35-21-13-6-14-22-35/h3-26H,27-29H2,1-2H3,(H3-,40,41,42,43,44,45,48,49)/p+1. The van der Waals surface area contributed by atoms with Crippen molar-refractivity contribution in [1.82, 2.24) is 21.5 Å². The van der Waals surface area contributed by atoms with Crippen molar-refractivity contribution < 1.29 is 4.74 Å². The molecule has 5 rings (SSSR count). The molecule has 0 amide bonds. The molecule has 7 nitrogen and oxygen atoms in total. The van der Waals surface area contributed by atoms with Crippen LogP contribution in [-0.2, 0) is 4.74 Å². The topological polar surface area (TPSA) is 82.1 Å². The highest BCUT2D eigenvalue weighted by Crippen LogP contribution is 2.55. The third-order valence-corrected chi connectivity index (χ3v) is 12.4. The van der Waals surface area contributed by atoms with Gasteiger partial charge in [0.05, 0.1) is 6.61 Å². The monoisotopic (exact) mass is 703 g/mol. The van der Waals surface area contributed by atoms with Crippen molar-refractivity contribution in [1.29, 1.82) is 0 Å². The molecule has 5 aromatic carbocycles. The predicted octanol–water partition coefficient (Wildman–Crippen LogP) is 5.63. The summed E-state index contributed by atoms with van der Waals surface area (Å²) in [5.41, 5.74) is 10.0. The van der Waals surface area contributed by atoms with Crippen LogP contribution in [0.25, 0.3) is 0 Å². The average molecular weight is 704 g/mol. The smallest absolute Gasteiger partial charge is 0.187 e. The van der Waals surface area contributed by atoms with E-state index < -0.39 is 7.26 Å². The number of nitrogens with zero attached hydrogens (tertiary/aromatic N) is 2. The molecule has 0 heterocycles. The molecule has 0 saturated heterocycles. The normalized spacial score (nSPS) is 11.8. The van der Waals surface area contributed by atoms with Crippen molar-refractivity contribution in [3.05, 3.63) is 162 Å². The van der Waals surface area contributed by atoms with Crippen molar-refractivity contribution in [3.63, 3.8) is 0 Å². The van der Waals surface area contributed by atoms with E-state index in [1.54, 1.807) is 7.05 Å². The van der Waals surface area contributed by atoms with Gasteiger partial charge in [0.2, 0.25) is 0 Å². The van der Waals surface area contributed by atoms with Gasteiger partial charge in [-0.05, 0) is 67.8 Å². The van der Waals surface area contributed by atoms with Crippen molar-refractivity contribution in [2.75, 3.05) is 26.5 Å². The Bertz CT molecular complexity index is 1760. The minimum Gasteiger partial charge on any atom is -0.364 e. The molecule has 4 N–H and O–H groups in total. The summed E-state index contributed by atoms with van der Waals surface area (Å²) >= 11 is 11.0. The van der Waals surface area contributed by atoms with Crippen molar-refractivity contribution in [3.8, 4) is 0 Å². The van der Waals surface area contributed by atoms with E-state index in [0.717, 1.165) is 16.7 Å². The van der Waals surface area contributed by atoms with Crippen LogP contribution in [0.15, 0.2) is 156 Å². The Labute approximate surface area is 300 Å². The lowest BCUT2D eigenvalue weighted by Gasteiger charge is -2.27. The number of benzene rings is 5. The number of nitrogens with one attached hydrogen (secondary N) is 4. The lowest BCUT2D eigenvalue weighted by molar-refractivity contribution is 0.185. The van der Waals surface area contributed by atoms with E-state index in [9.17, 15) is 0 Å². The Morgan fingerprint density at radius 2 is 1.02 bits per heavy atom. The molecule has 0 saturated carbocycles. The summed E-state index contributed by atoms with van der Waals surface area (Å²) in [7, 11) is -0.349. The quantitative estimate of drug-likeness (QED) is 0.0417. The van der Waals surface area contributed by atoms with E-state index in [4.69, 9.17) is 34.3 Å². The molecule has 0 spiro atoms. The van der Waals surface area contributed by atoms with Crippen LogP contribution >= 0.6 is 31.7 Å². The molecule has 0 unspecified atom stereocenters. The second-order valence-electron chi connectivity index (χ2n) is 11.1. The first-order valence-corrected chi connectivity index (χ1v) is 18.7. The molecule has 0 aliphatic carbocycles. The fourth-order valence-corrected chi connectivity index (χ4v) is 9.26. The molecule has 0 radical (unpaired) electrons. The van der Waals surface area contributed by atoms with Crippen LogP contribution < -0.4 is 37.4 Å². The van der Waals surface area contributed by atoms with E-state index in [-0.39, 0.29) is 0 Å².